The van der Waals surface area contributed by atoms with Gasteiger partial charge >= 0.3 is 0 Å². The second-order valence-corrected chi connectivity index (χ2v) is 6.61. The number of fused-ring (bicyclic) bond motifs is 1. The van der Waals surface area contributed by atoms with Gasteiger partial charge in [0, 0.05) is 17.5 Å². The van der Waals surface area contributed by atoms with Crippen molar-refractivity contribution in [3.8, 4) is 5.75 Å². The van der Waals surface area contributed by atoms with Gasteiger partial charge in [-0.15, -0.1) is 0 Å². The summed E-state index contributed by atoms with van der Waals surface area (Å²) in [5.41, 5.74) is 1.40. The molecule has 1 amide bonds. The van der Waals surface area contributed by atoms with E-state index < -0.39 is 0 Å². The quantitative estimate of drug-likeness (QED) is 0.924. The maximum atomic E-state index is 12.1. The Morgan fingerprint density at radius 2 is 2.09 bits per heavy atom. The maximum Gasteiger partial charge on any atom is 0.258 e. The van der Waals surface area contributed by atoms with E-state index in [2.05, 4.69) is 5.32 Å². The molecule has 2 aliphatic carbocycles. The largest absolute Gasteiger partial charge is 0.483 e. The molecule has 1 N–H and O–H groups in total. The van der Waals surface area contributed by atoms with E-state index in [0.717, 1.165) is 18.4 Å². The second-order valence-electron chi connectivity index (χ2n) is 6.20. The molecule has 1 aromatic carbocycles. The van der Waals surface area contributed by atoms with Gasteiger partial charge in [-0.25, -0.2) is 0 Å². The van der Waals surface area contributed by atoms with Crippen molar-refractivity contribution in [3.63, 3.8) is 0 Å². The third-order valence-corrected chi connectivity index (χ3v) is 4.83. The first-order chi connectivity index (χ1) is 10.6. The van der Waals surface area contributed by atoms with Gasteiger partial charge in [0.2, 0.25) is 0 Å². The van der Waals surface area contributed by atoms with Gasteiger partial charge in [-0.1, -0.05) is 31.4 Å². The molecule has 1 fully saturated rings. The van der Waals surface area contributed by atoms with Crippen LogP contribution in [0.5, 0.6) is 5.75 Å². The average molecular weight is 322 g/mol. The van der Waals surface area contributed by atoms with Gasteiger partial charge < -0.3 is 10.1 Å². The number of halogens is 1. The molecule has 1 saturated carbocycles. The first-order valence-electron chi connectivity index (χ1n) is 7.84. The van der Waals surface area contributed by atoms with Crippen molar-refractivity contribution in [1.82, 2.24) is 5.32 Å². The highest BCUT2D eigenvalue weighted by Gasteiger charge is 2.32. The molecule has 1 atom stereocenters. The molecule has 5 heteroatoms. The molecule has 0 heterocycles. The molecular weight excluding hydrogens is 302 g/mol. The minimum Gasteiger partial charge on any atom is -0.483 e. The van der Waals surface area contributed by atoms with Crippen LogP contribution in [0.15, 0.2) is 12.1 Å². The number of hydrogen-bond donors (Lipinski definition) is 1. The zero-order valence-corrected chi connectivity index (χ0v) is 13.4. The van der Waals surface area contributed by atoms with E-state index in [1.807, 2.05) is 6.92 Å². The first-order valence-corrected chi connectivity index (χ1v) is 8.22. The zero-order chi connectivity index (χ0) is 15.7. The van der Waals surface area contributed by atoms with Crippen LogP contribution in [-0.4, -0.2) is 24.3 Å². The molecule has 1 aromatic rings. The highest BCUT2D eigenvalue weighted by molar-refractivity contribution is 6.32. The molecule has 0 aromatic heterocycles. The molecule has 22 heavy (non-hydrogen) atoms. The molecule has 1 unspecified atom stereocenters. The molecule has 0 radical (unpaired) electrons. The highest BCUT2D eigenvalue weighted by atomic mass is 35.5. The second kappa shape index (κ2) is 6.29. The van der Waals surface area contributed by atoms with E-state index in [9.17, 15) is 9.59 Å². The predicted octanol–water partition coefficient (Wildman–Crippen LogP) is 3.47. The molecule has 0 spiro atoms. The van der Waals surface area contributed by atoms with E-state index in [1.54, 1.807) is 12.1 Å². The van der Waals surface area contributed by atoms with Gasteiger partial charge in [-0.2, -0.15) is 0 Å². The number of carbonyl (C=O) groups is 2. The Bertz CT molecular complexity index is 608. The third kappa shape index (κ3) is 2.98. The van der Waals surface area contributed by atoms with Crippen molar-refractivity contribution in [2.75, 3.05) is 6.61 Å². The Balaban J connectivity index is 1.68. The fourth-order valence-electron chi connectivity index (χ4n) is 3.43. The van der Waals surface area contributed by atoms with Crippen molar-refractivity contribution >= 4 is 23.3 Å². The van der Waals surface area contributed by atoms with Crippen molar-refractivity contribution in [3.05, 3.63) is 28.3 Å². The number of Topliss-reactive ketones (excluding diaryl/α,β-unsaturated/α-hetero) is 1. The van der Waals surface area contributed by atoms with Gasteiger partial charge in [0.1, 0.15) is 5.75 Å². The summed E-state index contributed by atoms with van der Waals surface area (Å²) in [5.74, 6) is 0.478. The molecule has 4 nitrogen and oxygen atoms in total. The van der Waals surface area contributed by atoms with Gasteiger partial charge in [0.05, 0.1) is 5.56 Å². The van der Waals surface area contributed by atoms with E-state index in [1.165, 1.54) is 12.8 Å². The van der Waals surface area contributed by atoms with Gasteiger partial charge in [-0.3, -0.25) is 9.59 Å². The monoisotopic (exact) mass is 321 g/mol. The van der Waals surface area contributed by atoms with Crippen LogP contribution in [0, 0.1) is 0 Å². The molecular formula is C17H20ClNO3. The van der Waals surface area contributed by atoms with Crippen molar-refractivity contribution in [2.24, 2.45) is 0 Å². The summed E-state index contributed by atoms with van der Waals surface area (Å²) in [6.07, 6.45) is 4.87. The third-order valence-electron chi connectivity index (χ3n) is 4.50. The highest BCUT2D eigenvalue weighted by Crippen LogP contribution is 2.42. The Labute approximate surface area is 135 Å². The van der Waals surface area contributed by atoms with Gasteiger partial charge in [0.25, 0.3) is 5.91 Å². The summed E-state index contributed by atoms with van der Waals surface area (Å²) in [4.78, 5) is 24.1. The van der Waals surface area contributed by atoms with Crippen molar-refractivity contribution in [1.29, 1.82) is 0 Å². The van der Waals surface area contributed by atoms with Crippen LogP contribution in [0.2, 0.25) is 5.02 Å². The summed E-state index contributed by atoms with van der Waals surface area (Å²) >= 11 is 6.19. The first kappa shape index (κ1) is 15.3. The Morgan fingerprint density at radius 3 is 2.82 bits per heavy atom. The topological polar surface area (TPSA) is 55.4 Å². The number of benzene rings is 1. The summed E-state index contributed by atoms with van der Waals surface area (Å²) in [6.45, 7) is 1.92. The smallest absolute Gasteiger partial charge is 0.258 e. The van der Waals surface area contributed by atoms with Crippen LogP contribution >= 0.6 is 11.6 Å². The molecule has 2 aliphatic rings. The van der Waals surface area contributed by atoms with Gasteiger partial charge in [-0.05, 0) is 36.5 Å². The van der Waals surface area contributed by atoms with E-state index >= 15 is 0 Å². The minimum atomic E-state index is -0.130. The molecule has 0 saturated heterocycles. The minimum absolute atomic E-state index is 0.0381. The number of ether oxygens (including phenoxy) is 1. The molecule has 118 valence electrons. The van der Waals surface area contributed by atoms with E-state index in [-0.39, 0.29) is 30.3 Å². The van der Waals surface area contributed by atoms with Crippen LogP contribution < -0.4 is 10.1 Å². The molecule has 0 bridgehead atoms. The van der Waals surface area contributed by atoms with Crippen molar-refractivity contribution in [2.45, 2.75) is 51.0 Å². The Morgan fingerprint density at radius 1 is 1.36 bits per heavy atom. The summed E-state index contributed by atoms with van der Waals surface area (Å²) in [7, 11) is 0. The number of rotatable bonds is 4. The number of amides is 1. The standard InChI is InChI=1S/C17H20ClNO3/c1-10-8-13(20)17-14(7-6-12(18)16(10)17)22-9-15(21)19-11-4-2-3-5-11/h6-7,10-11H,2-5,8-9H2,1H3,(H,19,21). The zero-order valence-electron chi connectivity index (χ0n) is 12.7. The number of carbonyl (C=O) groups excluding carboxylic acids is 2. The summed E-state index contributed by atoms with van der Waals surface area (Å²) in [5, 5.41) is 3.57. The SMILES string of the molecule is CC1CC(=O)c2c(OCC(=O)NC3CCCC3)ccc(Cl)c21. The van der Waals surface area contributed by atoms with E-state index in [0.29, 0.717) is 22.8 Å². The lowest BCUT2D eigenvalue weighted by molar-refractivity contribution is -0.123. The lowest BCUT2D eigenvalue weighted by Gasteiger charge is -2.14. The van der Waals surface area contributed by atoms with Crippen LogP contribution in [0.25, 0.3) is 0 Å². The van der Waals surface area contributed by atoms with Gasteiger partial charge in [0.15, 0.2) is 12.4 Å². The van der Waals surface area contributed by atoms with E-state index in [4.69, 9.17) is 16.3 Å². The van der Waals surface area contributed by atoms with Crippen LogP contribution in [0.1, 0.15) is 60.9 Å². The predicted molar refractivity (Wildman–Crippen MR) is 84.7 cm³/mol. The number of nitrogens with one attached hydrogen (secondary N) is 1. The fraction of sp³-hybridized carbons (Fsp3) is 0.529. The molecule has 3 rings (SSSR count). The lowest BCUT2D eigenvalue weighted by atomic mass is 10.0. The Hall–Kier alpha value is -1.55. The maximum absolute atomic E-state index is 12.1. The van der Waals surface area contributed by atoms with Crippen molar-refractivity contribution < 1.29 is 14.3 Å². The Kier molecular flexibility index (Phi) is 4.39. The summed E-state index contributed by atoms with van der Waals surface area (Å²) in [6, 6.07) is 3.69. The number of ketones is 1. The van der Waals surface area contributed by atoms with Crippen LogP contribution in [0.4, 0.5) is 0 Å². The normalized spacial score (nSPS) is 21.0. The lowest BCUT2D eigenvalue weighted by Crippen LogP contribution is -2.36. The average Bonchev–Trinajstić information content (AvgIpc) is 3.07. The number of hydrogen-bond acceptors (Lipinski definition) is 3. The summed E-state index contributed by atoms with van der Waals surface area (Å²) < 4.78 is 5.60. The van der Waals surface area contributed by atoms with Crippen LogP contribution in [0.3, 0.4) is 0 Å². The molecule has 0 aliphatic heterocycles. The fourth-order valence-corrected chi connectivity index (χ4v) is 3.77. The van der Waals surface area contributed by atoms with Crippen LogP contribution in [-0.2, 0) is 4.79 Å².